The minimum atomic E-state index is -4.39. The van der Waals surface area contributed by atoms with Gasteiger partial charge in [-0.05, 0) is 31.2 Å². The van der Waals surface area contributed by atoms with E-state index in [1.807, 2.05) is 0 Å². The summed E-state index contributed by atoms with van der Waals surface area (Å²) in [6.07, 6.45) is 5.13. The topological polar surface area (TPSA) is 102 Å². The molecule has 0 unspecified atom stereocenters. The van der Waals surface area contributed by atoms with E-state index in [1.165, 1.54) is 15.4 Å². The number of para-hydroxylation sites is 1. The predicted molar refractivity (Wildman–Crippen MR) is 124 cm³/mol. The molecule has 0 radical (unpaired) electrons. The van der Waals surface area contributed by atoms with Crippen LogP contribution in [0.2, 0.25) is 10.0 Å². The average Bonchev–Trinajstić information content (AvgIpc) is 2.97. The minimum Gasteiger partial charge on any atom is -0.341 e. The van der Waals surface area contributed by atoms with E-state index >= 15 is 0 Å². The van der Waals surface area contributed by atoms with E-state index in [1.54, 1.807) is 44.3 Å². The van der Waals surface area contributed by atoms with E-state index in [0.717, 1.165) is 6.07 Å². The molecular formula is C21H18Cl2N4O4S. The summed E-state index contributed by atoms with van der Waals surface area (Å²) in [6.45, 7) is 1.54. The van der Waals surface area contributed by atoms with Crippen LogP contribution >= 0.6 is 23.2 Å². The molecule has 0 saturated heterocycles. The third-order valence-corrected chi connectivity index (χ3v) is 6.98. The van der Waals surface area contributed by atoms with Crippen molar-refractivity contribution in [3.63, 3.8) is 0 Å². The third-order valence-electron chi connectivity index (χ3n) is 4.69. The maximum absolute atomic E-state index is 13.1. The van der Waals surface area contributed by atoms with Gasteiger partial charge in [-0.15, -0.1) is 6.42 Å². The molecule has 2 N–H and O–H groups in total. The van der Waals surface area contributed by atoms with Crippen molar-refractivity contribution in [1.82, 2.24) is 14.7 Å². The first-order valence-corrected chi connectivity index (χ1v) is 11.4. The maximum Gasteiger partial charge on any atom is 0.296 e. The third kappa shape index (κ3) is 4.39. The quantitative estimate of drug-likeness (QED) is 0.516. The monoisotopic (exact) mass is 492 g/mol. The molecule has 0 fully saturated rings. The molecule has 0 atom stereocenters. The van der Waals surface area contributed by atoms with Gasteiger partial charge in [-0.3, -0.25) is 19.0 Å². The summed E-state index contributed by atoms with van der Waals surface area (Å²) in [5, 5.41) is 1.99. The zero-order chi connectivity index (χ0) is 23.6. The van der Waals surface area contributed by atoms with Crippen LogP contribution < -0.4 is 15.6 Å². The van der Waals surface area contributed by atoms with Crippen LogP contribution in [-0.4, -0.2) is 30.2 Å². The Morgan fingerprint density at radius 2 is 1.84 bits per heavy atom. The maximum atomic E-state index is 13.1. The van der Waals surface area contributed by atoms with E-state index < -0.39 is 26.4 Å². The fourth-order valence-electron chi connectivity index (χ4n) is 3.00. The van der Waals surface area contributed by atoms with Crippen molar-refractivity contribution in [2.45, 2.75) is 11.8 Å². The Morgan fingerprint density at radius 3 is 2.47 bits per heavy atom. The number of sulfonamides is 1. The number of carbonyl (C=O) groups is 1. The molecule has 1 aromatic heterocycles. The molecule has 0 bridgehead atoms. The molecule has 11 heteroatoms. The molecule has 0 spiro atoms. The summed E-state index contributed by atoms with van der Waals surface area (Å²) in [5.74, 6) is 1.62. The highest BCUT2D eigenvalue weighted by Gasteiger charge is 2.26. The van der Waals surface area contributed by atoms with Crippen LogP contribution in [0.4, 0.5) is 5.69 Å². The molecule has 3 aromatic rings. The van der Waals surface area contributed by atoms with Crippen molar-refractivity contribution < 1.29 is 13.2 Å². The predicted octanol–water partition coefficient (Wildman–Crippen LogP) is 2.96. The summed E-state index contributed by atoms with van der Waals surface area (Å²) in [6, 6.07) is 11.0. The van der Waals surface area contributed by atoms with Crippen molar-refractivity contribution in [2.75, 3.05) is 11.3 Å². The first-order chi connectivity index (χ1) is 15.1. The number of aromatic nitrogens is 2. The van der Waals surface area contributed by atoms with Gasteiger partial charge in [0.2, 0.25) is 0 Å². The van der Waals surface area contributed by atoms with E-state index in [2.05, 4.69) is 16.0 Å². The molecule has 1 amide bonds. The average molecular weight is 493 g/mol. The number of amides is 1. The lowest BCUT2D eigenvalue weighted by Gasteiger charge is -2.12. The van der Waals surface area contributed by atoms with Gasteiger partial charge in [0.05, 0.1) is 28.0 Å². The van der Waals surface area contributed by atoms with Crippen molar-refractivity contribution >= 4 is 44.8 Å². The Hall–Kier alpha value is -3.19. The molecule has 32 heavy (non-hydrogen) atoms. The number of nitrogens with zero attached hydrogens (tertiary/aromatic N) is 2. The van der Waals surface area contributed by atoms with Crippen LogP contribution in [0, 0.1) is 19.3 Å². The molecular weight excluding hydrogens is 475 g/mol. The molecule has 1 heterocycles. The van der Waals surface area contributed by atoms with Crippen LogP contribution in [0.25, 0.3) is 5.69 Å². The second-order valence-electron chi connectivity index (χ2n) is 6.70. The van der Waals surface area contributed by atoms with E-state index in [0.29, 0.717) is 11.4 Å². The zero-order valence-corrected chi connectivity index (χ0v) is 19.3. The standard InChI is InChI=1S/C21H18Cl2N4O4S/c1-4-10-24-20(28)14-11-16(22)18(23)17(12-14)32(30,31)25-19-13(2)26(3)27(21(19)29)15-8-6-5-7-9-15/h1,5-9,11-12,25H,10H2,2-3H3,(H,24,28). The smallest absolute Gasteiger partial charge is 0.296 e. The van der Waals surface area contributed by atoms with Crippen molar-refractivity contribution in [3.8, 4) is 18.0 Å². The number of anilines is 1. The number of nitrogens with one attached hydrogen (secondary N) is 2. The second kappa shape index (κ2) is 9.12. The number of hydrogen-bond donors (Lipinski definition) is 2. The lowest BCUT2D eigenvalue weighted by atomic mass is 10.2. The highest BCUT2D eigenvalue weighted by molar-refractivity contribution is 7.92. The fraction of sp³-hybridized carbons (Fsp3) is 0.143. The van der Waals surface area contributed by atoms with E-state index in [4.69, 9.17) is 29.6 Å². The summed E-state index contributed by atoms with van der Waals surface area (Å²) >= 11 is 12.2. The number of halogens is 2. The molecule has 0 aliphatic heterocycles. The molecule has 0 aliphatic carbocycles. The normalized spacial score (nSPS) is 11.1. The molecule has 0 aliphatic rings. The summed E-state index contributed by atoms with van der Waals surface area (Å²) in [4.78, 5) is 24.8. The molecule has 0 saturated carbocycles. The Balaban J connectivity index is 2.08. The largest absolute Gasteiger partial charge is 0.341 e. The first kappa shape index (κ1) is 23.5. The van der Waals surface area contributed by atoms with Gasteiger partial charge in [-0.1, -0.05) is 47.3 Å². The van der Waals surface area contributed by atoms with Crippen LogP contribution in [0.1, 0.15) is 16.1 Å². The SMILES string of the molecule is C#CCNC(=O)c1cc(Cl)c(Cl)c(S(=O)(=O)Nc2c(C)n(C)n(-c3ccccc3)c2=O)c1. The van der Waals surface area contributed by atoms with Crippen LogP contribution in [0.5, 0.6) is 0 Å². The minimum absolute atomic E-state index is 0.0539. The second-order valence-corrected chi connectivity index (χ2v) is 9.13. The van der Waals surface area contributed by atoms with Crippen LogP contribution in [0.15, 0.2) is 52.2 Å². The van der Waals surface area contributed by atoms with Gasteiger partial charge < -0.3 is 5.32 Å². The van der Waals surface area contributed by atoms with Crippen LogP contribution in [0.3, 0.4) is 0 Å². The molecule has 166 valence electrons. The van der Waals surface area contributed by atoms with Crippen molar-refractivity contribution in [3.05, 3.63) is 74.1 Å². The van der Waals surface area contributed by atoms with E-state index in [9.17, 15) is 18.0 Å². The van der Waals surface area contributed by atoms with Gasteiger partial charge in [-0.2, -0.15) is 0 Å². The number of benzene rings is 2. The Morgan fingerprint density at radius 1 is 1.19 bits per heavy atom. The zero-order valence-electron chi connectivity index (χ0n) is 17.0. The fourth-order valence-corrected chi connectivity index (χ4v) is 4.93. The number of carbonyl (C=O) groups excluding carboxylic acids is 1. The first-order valence-electron chi connectivity index (χ1n) is 9.16. The van der Waals surface area contributed by atoms with E-state index in [-0.39, 0.29) is 27.8 Å². The Bertz CT molecular complexity index is 1400. The summed E-state index contributed by atoms with van der Waals surface area (Å²) in [5.41, 5.74) is 0.131. The summed E-state index contributed by atoms with van der Waals surface area (Å²) < 4.78 is 31.4. The number of terminal acetylenes is 1. The number of hydrogen-bond acceptors (Lipinski definition) is 4. The molecule has 3 rings (SSSR count). The molecule has 8 nitrogen and oxygen atoms in total. The van der Waals surface area contributed by atoms with Gasteiger partial charge in [0.25, 0.3) is 21.5 Å². The van der Waals surface area contributed by atoms with Gasteiger partial charge in [-0.25, -0.2) is 13.1 Å². The van der Waals surface area contributed by atoms with Gasteiger partial charge >= 0.3 is 0 Å². The Labute approximate surface area is 194 Å². The molecule has 2 aromatic carbocycles. The lowest BCUT2D eigenvalue weighted by Crippen LogP contribution is -2.25. The summed E-state index contributed by atoms with van der Waals surface area (Å²) in [7, 11) is -2.76. The van der Waals surface area contributed by atoms with Crippen molar-refractivity contribution in [2.24, 2.45) is 7.05 Å². The van der Waals surface area contributed by atoms with Gasteiger partial charge in [0, 0.05) is 12.6 Å². The lowest BCUT2D eigenvalue weighted by molar-refractivity contribution is 0.0958. The Kier molecular flexibility index (Phi) is 6.69. The van der Waals surface area contributed by atoms with Crippen LogP contribution in [-0.2, 0) is 17.1 Å². The van der Waals surface area contributed by atoms with Gasteiger partial charge in [0.1, 0.15) is 10.6 Å². The highest BCUT2D eigenvalue weighted by Crippen LogP contribution is 2.32. The number of rotatable bonds is 6. The van der Waals surface area contributed by atoms with Gasteiger partial charge in [0.15, 0.2) is 0 Å². The van der Waals surface area contributed by atoms with Crippen molar-refractivity contribution in [1.29, 1.82) is 0 Å². The highest BCUT2D eigenvalue weighted by atomic mass is 35.5.